The Labute approximate surface area is 116 Å². The highest BCUT2D eigenvalue weighted by molar-refractivity contribution is 5.97. The average molecular weight is 263 g/mol. The number of nitrogens with zero attached hydrogens (tertiary/aromatic N) is 2. The molecule has 0 atom stereocenters. The van der Waals surface area contributed by atoms with E-state index < -0.39 is 0 Å². The minimum atomic E-state index is 0.593. The van der Waals surface area contributed by atoms with E-state index in [1.54, 1.807) is 0 Å². The third-order valence-corrected chi connectivity index (χ3v) is 3.05. The zero-order valence-corrected chi connectivity index (χ0v) is 12.2. The van der Waals surface area contributed by atoms with Crippen molar-refractivity contribution in [3.05, 3.63) is 29.8 Å². The van der Waals surface area contributed by atoms with Gasteiger partial charge in [-0.1, -0.05) is 13.8 Å². The number of hydrogen-bond acceptors (Lipinski definition) is 3. The van der Waals surface area contributed by atoms with E-state index in [1.807, 2.05) is 31.2 Å². The Morgan fingerprint density at radius 3 is 2.32 bits per heavy atom. The van der Waals surface area contributed by atoms with E-state index in [4.69, 9.17) is 10.5 Å². The maximum Gasteiger partial charge on any atom is 0.125 e. The number of aliphatic imine (C=N–C) groups is 1. The number of benzene rings is 1. The van der Waals surface area contributed by atoms with Crippen LogP contribution in [0.3, 0.4) is 0 Å². The molecule has 1 rings (SSSR count). The van der Waals surface area contributed by atoms with Crippen LogP contribution in [0.25, 0.3) is 0 Å². The summed E-state index contributed by atoms with van der Waals surface area (Å²) in [6.07, 6.45) is 0. The second-order valence-electron chi connectivity index (χ2n) is 4.25. The smallest absolute Gasteiger partial charge is 0.125 e. The van der Waals surface area contributed by atoms with Crippen molar-refractivity contribution in [2.24, 2.45) is 10.7 Å². The van der Waals surface area contributed by atoms with Gasteiger partial charge in [0, 0.05) is 12.1 Å². The average Bonchev–Trinajstić information content (AvgIpc) is 2.44. The molecule has 0 radical (unpaired) electrons. The molecular formula is C15H25N3O. The van der Waals surface area contributed by atoms with E-state index >= 15 is 0 Å². The van der Waals surface area contributed by atoms with Gasteiger partial charge >= 0.3 is 0 Å². The molecule has 0 saturated carbocycles. The van der Waals surface area contributed by atoms with Gasteiger partial charge in [0.25, 0.3) is 0 Å². The topological polar surface area (TPSA) is 50.9 Å². The first-order valence-corrected chi connectivity index (χ1v) is 6.96. The lowest BCUT2D eigenvalue weighted by Gasteiger charge is -2.16. The highest BCUT2D eigenvalue weighted by Gasteiger charge is 2.00. The fraction of sp³-hybridized carbons (Fsp3) is 0.533. The van der Waals surface area contributed by atoms with Crippen LogP contribution in [-0.2, 0) is 0 Å². The molecule has 4 nitrogen and oxygen atoms in total. The zero-order valence-electron chi connectivity index (χ0n) is 12.2. The number of rotatable bonds is 8. The van der Waals surface area contributed by atoms with Crippen LogP contribution in [0, 0.1) is 0 Å². The molecule has 0 aliphatic rings. The number of likely N-dealkylation sites (N-methyl/N-ethyl adjacent to an activating group) is 1. The van der Waals surface area contributed by atoms with Crippen molar-refractivity contribution >= 4 is 5.84 Å². The van der Waals surface area contributed by atoms with Gasteiger partial charge in [0.15, 0.2) is 0 Å². The number of amidine groups is 1. The lowest BCUT2D eigenvalue weighted by Crippen LogP contribution is -2.26. The molecular weight excluding hydrogens is 238 g/mol. The van der Waals surface area contributed by atoms with Crippen LogP contribution >= 0.6 is 0 Å². The van der Waals surface area contributed by atoms with Crippen molar-refractivity contribution in [1.29, 1.82) is 0 Å². The SMILES string of the molecule is CCOc1ccc(C(N)=NCCN(CC)CC)cc1. The minimum Gasteiger partial charge on any atom is -0.494 e. The quantitative estimate of drug-likeness (QED) is 0.577. The van der Waals surface area contributed by atoms with E-state index in [9.17, 15) is 0 Å². The van der Waals surface area contributed by atoms with Crippen molar-refractivity contribution in [2.75, 3.05) is 32.8 Å². The Bertz CT molecular complexity index is 383. The summed E-state index contributed by atoms with van der Waals surface area (Å²) in [5.74, 6) is 1.46. The summed E-state index contributed by atoms with van der Waals surface area (Å²) in [5.41, 5.74) is 6.93. The molecule has 0 amide bonds. The van der Waals surface area contributed by atoms with Crippen LogP contribution in [0.1, 0.15) is 26.3 Å². The second kappa shape index (κ2) is 8.53. The molecule has 19 heavy (non-hydrogen) atoms. The number of nitrogens with two attached hydrogens (primary N) is 1. The van der Waals surface area contributed by atoms with Crippen LogP contribution in [-0.4, -0.2) is 43.5 Å². The maximum atomic E-state index is 5.98. The van der Waals surface area contributed by atoms with Crippen molar-refractivity contribution in [3.63, 3.8) is 0 Å². The van der Waals surface area contributed by atoms with Gasteiger partial charge in [-0.2, -0.15) is 0 Å². The third-order valence-electron chi connectivity index (χ3n) is 3.05. The summed E-state index contributed by atoms with van der Waals surface area (Å²) >= 11 is 0. The van der Waals surface area contributed by atoms with E-state index in [-0.39, 0.29) is 0 Å². The van der Waals surface area contributed by atoms with Crippen molar-refractivity contribution in [2.45, 2.75) is 20.8 Å². The van der Waals surface area contributed by atoms with Crippen LogP contribution < -0.4 is 10.5 Å². The summed E-state index contributed by atoms with van der Waals surface area (Å²) in [7, 11) is 0. The predicted molar refractivity (Wildman–Crippen MR) is 81.0 cm³/mol. The van der Waals surface area contributed by atoms with Crippen molar-refractivity contribution in [1.82, 2.24) is 4.90 Å². The Morgan fingerprint density at radius 2 is 1.79 bits per heavy atom. The van der Waals surface area contributed by atoms with Gasteiger partial charge in [-0.05, 0) is 44.3 Å². The van der Waals surface area contributed by atoms with Gasteiger partial charge in [0.2, 0.25) is 0 Å². The van der Waals surface area contributed by atoms with Gasteiger partial charge in [0.1, 0.15) is 11.6 Å². The lowest BCUT2D eigenvalue weighted by atomic mass is 10.2. The molecule has 0 bridgehead atoms. The monoisotopic (exact) mass is 263 g/mol. The highest BCUT2D eigenvalue weighted by atomic mass is 16.5. The van der Waals surface area contributed by atoms with E-state index in [0.717, 1.165) is 37.5 Å². The Kier molecular flexibility index (Phi) is 6.97. The fourth-order valence-electron chi connectivity index (χ4n) is 1.83. The van der Waals surface area contributed by atoms with Crippen molar-refractivity contribution in [3.8, 4) is 5.75 Å². The normalized spacial score (nSPS) is 11.9. The summed E-state index contributed by atoms with van der Waals surface area (Å²) < 4.78 is 5.39. The third kappa shape index (κ3) is 5.30. The minimum absolute atomic E-state index is 0.593. The lowest BCUT2D eigenvalue weighted by molar-refractivity contribution is 0.313. The van der Waals surface area contributed by atoms with Crippen molar-refractivity contribution < 1.29 is 4.74 Å². The molecule has 1 aromatic carbocycles. The van der Waals surface area contributed by atoms with E-state index in [0.29, 0.717) is 12.4 Å². The molecule has 0 aliphatic carbocycles. The first kappa shape index (κ1) is 15.5. The van der Waals surface area contributed by atoms with Gasteiger partial charge in [-0.25, -0.2) is 0 Å². The molecule has 0 unspecified atom stereocenters. The molecule has 106 valence electrons. The Hall–Kier alpha value is -1.55. The Balaban J connectivity index is 2.53. The van der Waals surface area contributed by atoms with Crippen LogP contribution in [0.5, 0.6) is 5.75 Å². The van der Waals surface area contributed by atoms with Gasteiger partial charge in [-0.3, -0.25) is 4.99 Å². The summed E-state index contributed by atoms with van der Waals surface area (Å²) in [4.78, 5) is 6.75. The summed E-state index contributed by atoms with van der Waals surface area (Å²) in [6, 6.07) is 7.74. The van der Waals surface area contributed by atoms with Gasteiger partial charge in [0.05, 0.1) is 13.2 Å². The Morgan fingerprint density at radius 1 is 1.16 bits per heavy atom. The van der Waals surface area contributed by atoms with E-state index in [2.05, 4.69) is 23.7 Å². The molecule has 2 N–H and O–H groups in total. The second-order valence-corrected chi connectivity index (χ2v) is 4.25. The number of ether oxygens (including phenoxy) is 1. The highest BCUT2D eigenvalue weighted by Crippen LogP contribution is 2.11. The largest absolute Gasteiger partial charge is 0.494 e. The molecule has 0 aromatic heterocycles. The fourth-order valence-corrected chi connectivity index (χ4v) is 1.83. The zero-order chi connectivity index (χ0) is 14.1. The predicted octanol–water partition coefficient (Wildman–Crippen LogP) is 2.13. The molecule has 4 heteroatoms. The molecule has 0 spiro atoms. The molecule has 0 saturated heterocycles. The summed E-state index contributed by atoms with van der Waals surface area (Å²) in [5, 5.41) is 0. The first-order valence-electron chi connectivity index (χ1n) is 6.96. The van der Waals surface area contributed by atoms with Crippen LogP contribution in [0.15, 0.2) is 29.3 Å². The van der Waals surface area contributed by atoms with E-state index in [1.165, 1.54) is 0 Å². The van der Waals surface area contributed by atoms with Gasteiger partial charge < -0.3 is 15.4 Å². The summed E-state index contributed by atoms with van der Waals surface area (Å²) in [6.45, 7) is 10.7. The molecule has 0 fully saturated rings. The molecule has 0 heterocycles. The maximum absolute atomic E-state index is 5.98. The number of hydrogen-bond donors (Lipinski definition) is 1. The van der Waals surface area contributed by atoms with Crippen LogP contribution in [0.4, 0.5) is 0 Å². The molecule has 0 aliphatic heterocycles. The first-order chi connectivity index (χ1) is 9.21. The van der Waals surface area contributed by atoms with Crippen LogP contribution in [0.2, 0.25) is 0 Å². The molecule has 1 aromatic rings. The standard InChI is InChI=1S/C15H25N3O/c1-4-18(5-2)12-11-17-15(16)13-7-9-14(10-8-13)19-6-3/h7-10H,4-6,11-12H2,1-3H3,(H2,16,17). The van der Waals surface area contributed by atoms with Gasteiger partial charge in [-0.15, -0.1) is 0 Å².